The predicted octanol–water partition coefficient (Wildman–Crippen LogP) is 4.20. The Balaban J connectivity index is 1.34. The third kappa shape index (κ3) is 2.03. The SMILES string of the molecule is CN1CC[C@]23c4c5ccc(O)c4O[C@H]2[C@@]24CC[C@]3(C[C@@H]2[C@](C)(Cc2ccccc2)OCO4)[C@H]1C5. The Labute approximate surface area is 201 Å². The van der Waals surface area contributed by atoms with Gasteiger partial charge in [-0.25, -0.2) is 0 Å². The molecule has 2 aromatic rings. The molecule has 4 aliphatic carbocycles. The van der Waals surface area contributed by atoms with Crippen molar-refractivity contribution in [3.63, 3.8) is 0 Å². The van der Waals surface area contributed by atoms with Gasteiger partial charge in [0.05, 0.1) is 5.60 Å². The van der Waals surface area contributed by atoms with Crippen molar-refractivity contribution < 1.29 is 19.3 Å². The Bertz CT molecular complexity index is 1200. The maximum absolute atomic E-state index is 10.9. The third-order valence-corrected chi connectivity index (χ3v) is 11.1. The third-order valence-electron chi connectivity index (χ3n) is 11.1. The molecule has 7 atom stereocenters. The van der Waals surface area contributed by atoms with Crippen LogP contribution in [0.5, 0.6) is 11.5 Å². The van der Waals surface area contributed by atoms with Gasteiger partial charge in [0.1, 0.15) is 18.5 Å². The second-order valence-electron chi connectivity index (χ2n) is 12.1. The fourth-order valence-electron chi connectivity index (χ4n) is 9.84. The molecule has 2 aromatic carbocycles. The summed E-state index contributed by atoms with van der Waals surface area (Å²) in [5.41, 5.74) is 3.34. The Kier molecular flexibility index (Phi) is 3.66. The summed E-state index contributed by atoms with van der Waals surface area (Å²) in [5.74, 6) is 1.28. The van der Waals surface area contributed by atoms with Crippen molar-refractivity contribution in [1.82, 2.24) is 4.90 Å². The van der Waals surface area contributed by atoms with Gasteiger partial charge in [-0.1, -0.05) is 36.4 Å². The molecule has 5 fully saturated rings. The zero-order chi connectivity index (χ0) is 22.9. The lowest BCUT2D eigenvalue weighted by Gasteiger charge is -2.76. The fraction of sp³-hybridized carbons (Fsp3) is 0.586. The van der Waals surface area contributed by atoms with E-state index in [0.717, 1.165) is 50.8 Å². The number of piperidine rings is 1. The zero-order valence-corrected chi connectivity index (χ0v) is 20.0. The van der Waals surface area contributed by atoms with E-state index in [1.54, 1.807) is 0 Å². The smallest absolute Gasteiger partial charge is 0.165 e. The Morgan fingerprint density at radius 1 is 1.06 bits per heavy atom. The molecule has 3 saturated carbocycles. The van der Waals surface area contributed by atoms with Crippen molar-refractivity contribution >= 4 is 0 Å². The minimum Gasteiger partial charge on any atom is -0.504 e. The molecule has 3 heterocycles. The van der Waals surface area contributed by atoms with Crippen LogP contribution in [-0.2, 0) is 27.7 Å². The standard InChI is InChI=1S/C29H33NO4/c1-26(15-18-6-4-3-5-7-18)21-16-27-10-11-29(21,33-17-32-26)25-28(27)12-13-30(2)22(27)14-19-8-9-20(31)24(34-25)23(19)28/h3-9,21-22,25,31H,10-17H2,1-2H3/t21-,22-,25-,26+,27+,28+,29-/m1/s1. The molecular formula is C29H33NO4. The highest BCUT2D eigenvalue weighted by atomic mass is 16.7. The highest BCUT2D eigenvalue weighted by molar-refractivity contribution is 5.63. The van der Waals surface area contributed by atoms with Crippen LogP contribution in [-0.4, -0.2) is 53.7 Å². The van der Waals surface area contributed by atoms with Crippen LogP contribution in [0.25, 0.3) is 0 Å². The topological polar surface area (TPSA) is 51.2 Å². The summed E-state index contributed by atoms with van der Waals surface area (Å²) in [4.78, 5) is 2.62. The lowest BCUT2D eigenvalue weighted by molar-refractivity contribution is -0.374. The van der Waals surface area contributed by atoms with E-state index in [1.165, 1.54) is 16.7 Å². The monoisotopic (exact) mass is 459 g/mol. The number of fused-ring (bicyclic) bond motifs is 1. The van der Waals surface area contributed by atoms with Crippen molar-refractivity contribution in [1.29, 1.82) is 0 Å². The number of benzene rings is 2. The molecule has 34 heavy (non-hydrogen) atoms. The average molecular weight is 460 g/mol. The van der Waals surface area contributed by atoms with Crippen molar-refractivity contribution in [2.45, 2.75) is 74.2 Å². The number of rotatable bonds is 2. The van der Waals surface area contributed by atoms with Gasteiger partial charge in [-0.05, 0) is 69.8 Å². The molecule has 7 aliphatic rings. The first-order chi connectivity index (χ1) is 16.4. The minimum atomic E-state index is -0.385. The van der Waals surface area contributed by atoms with Crippen molar-refractivity contribution in [3.8, 4) is 11.5 Å². The molecule has 4 bridgehead atoms. The van der Waals surface area contributed by atoms with E-state index < -0.39 is 0 Å². The zero-order valence-electron chi connectivity index (χ0n) is 20.0. The van der Waals surface area contributed by atoms with Crippen LogP contribution in [0.2, 0.25) is 0 Å². The van der Waals surface area contributed by atoms with Gasteiger partial charge in [0, 0.05) is 34.8 Å². The van der Waals surface area contributed by atoms with Gasteiger partial charge in [-0.3, -0.25) is 0 Å². The lowest BCUT2D eigenvalue weighted by Crippen LogP contribution is -2.83. The van der Waals surface area contributed by atoms with E-state index >= 15 is 0 Å². The van der Waals surface area contributed by atoms with Crippen molar-refractivity contribution in [3.05, 3.63) is 59.2 Å². The van der Waals surface area contributed by atoms with Gasteiger partial charge in [0.25, 0.3) is 0 Å². The summed E-state index contributed by atoms with van der Waals surface area (Å²) in [5, 5.41) is 10.9. The molecule has 5 nitrogen and oxygen atoms in total. The van der Waals surface area contributed by atoms with Gasteiger partial charge in [-0.2, -0.15) is 0 Å². The fourth-order valence-corrected chi connectivity index (χ4v) is 9.84. The summed E-state index contributed by atoms with van der Waals surface area (Å²) in [6.07, 6.45) is 6.18. The summed E-state index contributed by atoms with van der Waals surface area (Å²) in [6, 6.07) is 15.2. The molecule has 0 aromatic heterocycles. The van der Waals surface area contributed by atoms with Gasteiger partial charge < -0.3 is 24.2 Å². The van der Waals surface area contributed by atoms with Crippen LogP contribution in [0.1, 0.15) is 49.3 Å². The highest BCUT2D eigenvalue weighted by Gasteiger charge is 2.82. The maximum atomic E-state index is 10.9. The van der Waals surface area contributed by atoms with E-state index in [0.29, 0.717) is 18.6 Å². The number of likely N-dealkylation sites (tertiary alicyclic amines) is 1. The summed E-state index contributed by atoms with van der Waals surface area (Å²) < 4.78 is 20.2. The molecule has 3 aliphatic heterocycles. The summed E-state index contributed by atoms with van der Waals surface area (Å²) >= 11 is 0. The number of likely N-dealkylation sites (N-methyl/N-ethyl adjacent to an activating group) is 1. The second-order valence-corrected chi connectivity index (χ2v) is 12.1. The van der Waals surface area contributed by atoms with Gasteiger partial charge in [-0.15, -0.1) is 0 Å². The second kappa shape index (κ2) is 6.18. The first-order valence-corrected chi connectivity index (χ1v) is 13.0. The molecule has 0 amide bonds. The quantitative estimate of drug-likeness (QED) is 0.730. The number of nitrogens with zero attached hydrogens (tertiary/aromatic N) is 1. The van der Waals surface area contributed by atoms with Crippen LogP contribution < -0.4 is 4.74 Å². The lowest BCUT2D eigenvalue weighted by atomic mass is 9.33. The first kappa shape index (κ1) is 20.1. The van der Waals surface area contributed by atoms with E-state index in [9.17, 15) is 5.11 Å². The Hall–Kier alpha value is -2.08. The minimum absolute atomic E-state index is 0.0648. The molecule has 9 rings (SSSR count). The Morgan fingerprint density at radius 3 is 2.76 bits per heavy atom. The Morgan fingerprint density at radius 2 is 1.91 bits per heavy atom. The maximum Gasteiger partial charge on any atom is 0.165 e. The van der Waals surface area contributed by atoms with Crippen LogP contribution in [0.3, 0.4) is 0 Å². The van der Waals surface area contributed by atoms with E-state index in [4.69, 9.17) is 14.2 Å². The number of hydrogen-bond acceptors (Lipinski definition) is 5. The van der Waals surface area contributed by atoms with Crippen LogP contribution in [0.4, 0.5) is 0 Å². The van der Waals surface area contributed by atoms with E-state index in [2.05, 4.69) is 55.3 Å². The van der Waals surface area contributed by atoms with Crippen LogP contribution >= 0.6 is 0 Å². The molecule has 3 spiro atoms. The largest absolute Gasteiger partial charge is 0.504 e. The molecule has 2 saturated heterocycles. The van der Waals surface area contributed by atoms with Gasteiger partial charge in [0.2, 0.25) is 0 Å². The summed E-state index contributed by atoms with van der Waals surface area (Å²) in [6.45, 7) is 3.69. The first-order valence-electron chi connectivity index (χ1n) is 13.0. The van der Waals surface area contributed by atoms with Crippen LogP contribution in [0.15, 0.2) is 42.5 Å². The number of phenolic OH excluding ortho intramolecular Hbond substituents is 1. The molecule has 0 radical (unpaired) electrons. The number of phenols is 1. The number of ether oxygens (including phenoxy) is 3. The molecule has 0 unspecified atom stereocenters. The van der Waals surface area contributed by atoms with Crippen molar-refractivity contribution in [2.24, 2.45) is 11.3 Å². The van der Waals surface area contributed by atoms with E-state index in [-0.39, 0.29) is 34.1 Å². The number of hydrogen-bond donors (Lipinski definition) is 1. The van der Waals surface area contributed by atoms with E-state index in [1.807, 2.05) is 6.07 Å². The normalized spacial score (nSPS) is 45.4. The van der Waals surface area contributed by atoms with Gasteiger partial charge in [0.15, 0.2) is 11.5 Å². The molecule has 5 heteroatoms. The van der Waals surface area contributed by atoms with Gasteiger partial charge >= 0.3 is 0 Å². The molecular weight excluding hydrogens is 426 g/mol. The highest BCUT2D eigenvalue weighted by Crippen LogP contribution is 2.78. The average Bonchev–Trinajstić information content (AvgIpc) is 3.21. The predicted molar refractivity (Wildman–Crippen MR) is 127 cm³/mol. The molecule has 1 N–H and O–H groups in total. The van der Waals surface area contributed by atoms with Crippen LogP contribution in [0, 0.1) is 11.3 Å². The summed E-state index contributed by atoms with van der Waals surface area (Å²) in [7, 11) is 2.32. The number of aromatic hydroxyl groups is 1. The van der Waals surface area contributed by atoms with Crippen molar-refractivity contribution in [2.75, 3.05) is 20.4 Å². The molecule has 178 valence electrons.